The number of hydrogen-bond donors (Lipinski definition) is 3. The van der Waals surface area contributed by atoms with Gasteiger partial charge >= 0.3 is 5.97 Å². The maximum Gasteiger partial charge on any atom is 0.303 e. The van der Waals surface area contributed by atoms with Crippen molar-refractivity contribution >= 4 is 5.97 Å². The number of rotatable bonds is 6. The van der Waals surface area contributed by atoms with E-state index in [0.717, 1.165) is 44.9 Å². The van der Waals surface area contributed by atoms with E-state index < -0.39 is 23.4 Å². The van der Waals surface area contributed by atoms with Gasteiger partial charge < -0.3 is 20.1 Å². The molecule has 196 valence electrons. The van der Waals surface area contributed by atoms with Crippen molar-refractivity contribution < 1.29 is 24.9 Å². The van der Waals surface area contributed by atoms with Gasteiger partial charge in [0.25, 0.3) is 0 Å². The van der Waals surface area contributed by atoms with E-state index in [-0.39, 0.29) is 29.1 Å². The van der Waals surface area contributed by atoms with Gasteiger partial charge in [0, 0.05) is 18.8 Å². The lowest BCUT2D eigenvalue weighted by Gasteiger charge is -2.66. The van der Waals surface area contributed by atoms with Gasteiger partial charge in [-0.15, -0.1) is 0 Å². The third kappa shape index (κ3) is 3.87. The molecule has 4 aliphatic rings. The van der Waals surface area contributed by atoms with Crippen molar-refractivity contribution in [1.82, 2.24) is 0 Å². The molecule has 4 aliphatic carbocycles. The highest BCUT2D eigenvalue weighted by molar-refractivity contribution is 5.66. The fourth-order valence-corrected chi connectivity index (χ4v) is 9.51. The van der Waals surface area contributed by atoms with Crippen molar-refractivity contribution in [3.63, 3.8) is 0 Å². The topological polar surface area (TPSA) is 87.0 Å². The molecular weight excluding hydrogens is 428 g/mol. The first kappa shape index (κ1) is 26.4. The van der Waals surface area contributed by atoms with Crippen LogP contribution in [-0.2, 0) is 9.53 Å². The van der Waals surface area contributed by atoms with Gasteiger partial charge in [-0.3, -0.25) is 4.79 Å². The van der Waals surface area contributed by atoms with Crippen LogP contribution in [0.4, 0.5) is 0 Å². The molecule has 10 atom stereocenters. The molecule has 0 spiro atoms. The van der Waals surface area contributed by atoms with Gasteiger partial charge in [-0.2, -0.15) is 0 Å². The molecule has 0 aromatic rings. The second kappa shape index (κ2) is 9.03. The lowest BCUT2D eigenvalue weighted by atomic mass is 9.42. The first-order chi connectivity index (χ1) is 15.8. The molecule has 0 heterocycles. The van der Waals surface area contributed by atoms with E-state index >= 15 is 0 Å². The number of esters is 1. The van der Waals surface area contributed by atoms with Crippen molar-refractivity contribution in [2.24, 2.45) is 40.4 Å². The van der Waals surface area contributed by atoms with Gasteiger partial charge in [0.05, 0.1) is 11.7 Å². The van der Waals surface area contributed by atoms with Crippen LogP contribution in [0.3, 0.4) is 0 Å². The number of carbonyl (C=O) groups excluding carboxylic acids is 1. The number of aliphatic hydroxyl groups is 3. The Morgan fingerprint density at radius 2 is 1.59 bits per heavy atom. The van der Waals surface area contributed by atoms with Crippen LogP contribution in [0, 0.1) is 40.4 Å². The van der Waals surface area contributed by atoms with Crippen LogP contribution in [0.5, 0.6) is 0 Å². The van der Waals surface area contributed by atoms with Crippen LogP contribution < -0.4 is 0 Å². The molecule has 4 fully saturated rings. The molecule has 0 aromatic heterocycles. The predicted molar refractivity (Wildman–Crippen MR) is 133 cm³/mol. The summed E-state index contributed by atoms with van der Waals surface area (Å²) in [6.45, 7) is 12.7. The SMILES string of the molecule is CC(=O)OC1CC2C3CCC(O)(C(C)CCCC(C)C)C3(C)CCC2C2(C)CCC(O)CC12O. The molecule has 34 heavy (non-hydrogen) atoms. The molecule has 0 bridgehead atoms. The third-order valence-electron chi connectivity index (χ3n) is 11.6. The Morgan fingerprint density at radius 3 is 2.24 bits per heavy atom. The summed E-state index contributed by atoms with van der Waals surface area (Å²) >= 11 is 0. The maximum atomic E-state index is 12.2. The molecule has 4 saturated carbocycles. The van der Waals surface area contributed by atoms with E-state index in [9.17, 15) is 20.1 Å². The Morgan fingerprint density at radius 1 is 0.971 bits per heavy atom. The third-order valence-corrected chi connectivity index (χ3v) is 11.6. The number of ether oxygens (including phenoxy) is 1. The van der Waals surface area contributed by atoms with Gasteiger partial charge in [0.1, 0.15) is 11.7 Å². The summed E-state index contributed by atoms with van der Waals surface area (Å²) in [6.07, 6.45) is 8.48. The van der Waals surface area contributed by atoms with Gasteiger partial charge in [0.15, 0.2) is 0 Å². The van der Waals surface area contributed by atoms with Crippen LogP contribution in [0.25, 0.3) is 0 Å². The smallest absolute Gasteiger partial charge is 0.303 e. The molecule has 0 aliphatic heterocycles. The fraction of sp³-hybridized carbons (Fsp3) is 0.966. The summed E-state index contributed by atoms with van der Waals surface area (Å²) in [5, 5.41) is 34.7. The summed E-state index contributed by atoms with van der Waals surface area (Å²) in [5.41, 5.74) is -2.38. The first-order valence-electron chi connectivity index (χ1n) is 14.1. The van der Waals surface area contributed by atoms with Crippen molar-refractivity contribution in [3.05, 3.63) is 0 Å². The van der Waals surface area contributed by atoms with E-state index in [0.29, 0.717) is 36.5 Å². The van der Waals surface area contributed by atoms with Crippen molar-refractivity contribution in [1.29, 1.82) is 0 Å². The molecule has 0 radical (unpaired) electrons. The van der Waals surface area contributed by atoms with Crippen LogP contribution in [0.1, 0.15) is 112 Å². The molecule has 5 heteroatoms. The van der Waals surface area contributed by atoms with Crippen LogP contribution >= 0.6 is 0 Å². The average molecular weight is 479 g/mol. The summed E-state index contributed by atoms with van der Waals surface area (Å²) in [4.78, 5) is 12.1. The summed E-state index contributed by atoms with van der Waals surface area (Å²) in [6, 6.07) is 0. The van der Waals surface area contributed by atoms with E-state index in [1.807, 2.05) is 0 Å². The first-order valence-corrected chi connectivity index (χ1v) is 14.1. The van der Waals surface area contributed by atoms with Crippen molar-refractivity contribution in [3.8, 4) is 0 Å². The standard InChI is InChI=1S/C29H50O5/c1-18(2)8-7-9-19(3)28(32)15-12-24-22-16-25(34-20(4)30)29(33)17-21(31)10-13-27(29,6)23(22)11-14-26(24,28)5/h18-19,21-25,31-33H,7-17H2,1-6H3. The quantitative estimate of drug-likeness (QED) is 0.455. The molecule has 5 nitrogen and oxygen atoms in total. The Balaban J connectivity index is 1.63. The average Bonchev–Trinajstić information content (AvgIpc) is 3.02. The summed E-state index contributed by atoms with van der Waals surface area (Å²) < 4.78 is 5.82. The van der Waals surface area contributed by atoms with Gasteiger partial charge in [-0.25, -0.2) is 0 Å². The minimum Gasteiger partial charge on any atom is -0.459 e. The molecule has 0 amide bonds. The number of fused-ring (bicyclic) bond motifs is 5. The monoisotopic (exact) mass is 478 g/mol. The number of hydrogen-bond acceptors (Lipinski definition) is 5. The van der Waals surface area contributed by atoms with Gasteiger partial charge in [-0.1, -0.05) is 47.5 Å². The van der Waals surface area contributed by atoms with Crippen LogP contribution in [-0.4, -0.2) is 44.7 Å². The minimum absolute atomic E-state index is 0.147. The van der Waals surface area contributed by atoms with E-state index in [4.69, 9.17) is 4.74 Å². The zero-order valence-corrected chi connectivity index (χ0v) is 22.5. The Hall–Kier alpha value is -0.650. The molecule has 10 unspecified atom stereocenters. The molecule has 0 aromatic carbocycles. The summed E-state index contributed by atoms with van der Waals surface area (Å²) in [7, 11) is 0. The molecule has 0 saturated heterocycles. The Bertz CT molecular complexity index is 768. The van der Waals surface area contributed by atoms with Crippen molar-refractivity contribution in [2.75, 3.05) is 0 Å². The highest BCUT2D eigenvalue weighted by Gasteiger charge is 2.70. The Labute approximate surface area is 207 Å². The lowest BCUT2D eigenvalue weighted by molar-refractivity contribution is -0.274. The highest BCUT2D eigenvalue weighted by atomic mass is 16.6. The van der Waals surface area contributed by atoms with E-state index in [1.54, 1.807) is 0 Å². The maximum absolute atomic E-state index is 12.2. The molecule has 3 N–H and O–H groups in total. The molecular formula is C29H50O5. The molecule has 4 rings (SSSR count). The zero-order chi connectivity index (χ0) is 25.1. The van der Waals surface area contributed by atoms with Crippen LogP contribution in [0.2, 0.25) is 0 Å². The van der Waals surface area contributed by atoms with Gasteiger partial charge in [-0.05, 0) is 86.4 Å². The highest BCUT2D eigenvalue weighted by Crippen LogP contribution is 2.70. The Kier molecular flexibility index (Phi) is 7.01. The second-order valence-corrected chi connectivity index (χ2v) is 13.6. The van der Waals surface area contributed by atoms with Gasteiger partial charge in [0.2, 0.25) is 0 Å². The van der Waals surface area contributed by atoms with Crippen molar-refractivity contribution in [2.45, 2.75) is 136 Å². The fourth-order valence-electron chi connectivity index (χ4n) is 9.51. The normalized spacial score (nSPS) is 49.2. The number of aliphatic hydroxyl groups excluding tert-OH is 1. The predicted octanol–water partition coefficient (Wildman–Crippen LogP) is 5.24. The minimum atomic E-state index is -1.19. The lowest BCUT2D eigenvalue weighted by Crippen LogP contribution is -2.69. The largest absolute Gasteiger partial charge is 0.459 e. The van der Waals surface area contributed by atoms with Crippen LogP contribution in [0.15, 0.2) is 0 Å². The zero-order valence-electron chi connectivity index (χ0n) is 22.5. The van der Waals surface area contributed by atoms with E-state index in [2.05, 4.69) is 34.6 Å². The number of carbonyl (C=O) groups is 1. The summed E-state index contributed by atoms with van der Waals surface area (Å²) in [5.74, 6) is 1.62. The second-order valence-electron chi connectivity index (χ2n) is 13.6. The van der Waals surface area contributed by atoms with E-state index in [1.165, 1.54) is 13.3 Å².